The van der Waals surface area contributed by atoms with Gasteiger partial charge in [0.1, 0.15) is 6.73 Å². The molecule has 1 rings (SSSR count). The highest BCUT2D eigenvalue weighted by Gasteiger charge is 2.13. The van der Waals surface area contributed by atoms with Gasteiger partial charge in [-0.05, 0) is 23.6 Å². The van der Waals surface area contributed by atoms with Gasteiger partial charge >= 0.3 is 17.3 Å². The highest BCUT2D eigenvalue weighted by Crippen LogP contribution is 2.19. The molecule has 0 saturated heterocycles. The minimum absolute atomic E-state index is 0.000405. The normalized spacial score (nSPS) is 12.9. The van der Waals surface area contributed by atoms with Crippen molar-refractivity contribution in [2.45, 2.75) is 20.4 Å². The zero-order valence-electron chi connectivity index (χ0n) is 11.8. The first-order valence-corrected chi connectivity index (χ1v) is 7.68. The van der Waals surface area contributed by atoms with Gasteiger partial charge in [0.15, 0.2) is 0 Å². The summed E-state index contributed by atoms with van der Waals surface area (Å²) in [6.45, 7) is 5.14. The van der Waals surface area contributed by atoms with E-state index in [1.807, 2.05) is 18.7 Å². The summed E-state index contributed by atoms with van der Waals surface area (Å²) in [5.74, 6) is -0.737. The molecule has 1 unspecified atom stereocenters. The van der Waals surface area contributed by atoms with Gasteiger partial charge in [0.25, 0.3) is 0 Å². The molecule has 0 radical (unpaired) electrons. The van der Waals surface area contributed by atoms with Crippen LogP contribution in [0.3, 0.4) is 0 Å². The number of halogens is 1. The number of hydrogen-bond donors (Lipinski definition) is 2. The quantitative estimate of drug-likeness (QED) is 0.561. The molecule has 0 aliphatic heterocycles. The molecular formula is C13H18ClNO5S. The Balaban J connectivity index is 2.79. The minimum Gasteiger partial charge on any atom is -0.478 e. The van der Waals surface area contributed by atoms with E-state index in [0.717, 1.165) is 5.56 Å². The molecule has 0 aromatic heterocycles. The van der Waals surface area contributed by atoms with E-state index in [2.05, 4.69) is 0 Å². The van der Waals surface area contributed by atoms with Gasteiger partial charge in [-0.15, -0.1) is 0 Å². The first-order valence-electron chi connectivity index (χ1n) is 6.27. The molecule has 1 aromatic carbocycles. The fourth-order valence-electron chi connectivity index (χ4n) is 1.89. The molecule has 1 atom stereocenters. The molecule has 0 amide bonds. The van der Waals surface area contributed by atoms with E-state index in [1.165, 1.54) is 6.07 Å². The third-order valence-corrected chi connectivity index (χ3v) is 3.25. The zero-order chi connectivity index (χ0) is 16.0. The number of rotatable bonds is 8. The van der Waals surface area contributed by atoms with Gasteiger partial charge in [-0.25, -0.2) is 4.79 Å². The number of aromatic carboxylic acids is 1. The molecule has 21 heavy (non-hydrogen) atoms. The van der Waals surface area contributed by atoms with Crippen molar-refractivity contribution in [2.24, 2.45) is 5.92 Å². The third-order valence-electron chi connectivity index (χ3n) is 2.63. The van der Waals surface area contributed by atoms with Crippen LogP contribution in [-0.2, 0) is 22.1 Å². The zero-order valence-corrected chi connectivity index (χ0v) is 13.4. The third kappa shape index (κ3) is 6.54. The summed E-state index contributed by atoms with van der Waals surface area (Å²) in [4.78, 5) is 12.7. The fourth-order valence-corrected chi connectivity index (χ4v) is 2.41. The lowest BCUT2D eigenvalue weighted by Crippen LogP contribution is -2.30. The first kappa shape index (κ1) is 18.1. The van der Waals surface area contributed by atoms with E-state index < -0.39 is 17.3 Å². The molecule has 118 valence electrons. The average molecular weight is 336 g/mol. The van der Waals surface area contributed by atoms with E-state index in [-0.39, 0.29) is 17.3 Å². The lowest BCUT2D eigenvalue weighted by molar-refractivity contribution is 0.0697. The summed E-state index contributed by atoms with van der Waals surface area (Å²) in [7, 11) is 0. The number of carbonyl (C=O) groups is 1. The van der Waals surface area contributed by atoms with Crippen molar-refractivity contribution in [3.63, 3.8) is 0 Å². The summed E-state index contributed by atoms with van der Waals surface area (Å²) in [5.41, 5.74) is 0.849. The molecule has 6 nitrogen and oxygen atoms in total. The van der Waals surface area contributed by atoms with Gasteiger partial charge in [-0.2, -0.15) is 4.21 Å². The van der Waals surface area contributed by atoms with E-state index in [0.29, 0.717) is 19.0 Å². The van der Waals surface area contributed by atoms with Crippen molar-refractivity contribution in [1.29, 1.82) is 0 Å². The average Bonchev–Trinajstić information content (AvgIpc) is 2.34. The Morgan fingerprint density at radius 2 is 2.14 bits per heavy atom. The monoisotopic (exact) mass is 335 g/mol. The van der Waals surface area contributed by atoms with Crippen LogP contribution in [0.1, 0.15) is 29.8 Å². The Kier molecular flexibility index (Phi) is 7.27. The minimum atomic E-state index is -2.32. The number of carboxylic acids is 1. The smallest absolute Gasteiger partial charge is 0.337 e. The molecule has 0 spiro atoms. The molecule has 0 saturated carbocycles. The van der Waals surface area contributed by atoms with Crippen molar-refractivity contribution in [2.75, 3.05) is 13.3 Å². The van der Waals surface area contributed by atoms with Crippen LogP contribution in [0, 0.1) is 5.92 Å². The largest absolute Gasteiger partial charge is 0.478 e. The maximum atomic E-state index is 10.9. The summed E-state index contributed by atoms with van der Waals surface area (Å²) in [6.07, 6.45) is 0. The van der Waals surface area contributed by atoms with Gasteiger partial charge in [0.05, 0.1) is 10.6 Å². The summed E-state index contributed by atoms with van der Waals surface area (Å²) >= 11 is 3.60. The van der Waals surface area contributed by atoms with Crippen molar-refractivity contribution in [3.05, 3.63) is 34.3 Å². The van der Waals surface area contributed by atoms with Crippen LogP contribution in [0.25, 0.3) is 0 Å². The van der Waals surface area contributed by atoms with Crippen LogP contribution >= 0.6 is 11.6 Å². The molecule has 0 fully saturated rings. The Labute approximate surface area is 131 Å². The van der Waals surface area contributed by atoms with E-state index >= 15 is 0 Å². The summed E-state index contributed by atoms with van der Waals surface area (Å²) in [5, 5.41) is 9.09. The maximum absolute atomic E-state index is 10.9. The van der Waals surface area contributed by atoms with Crippen LogP contribution < -0.4 is 0 Å². The fraction of sp³-hybridized carbons (Fsp3) is 0.462. The van der Waals surface area contributed by atoms with E-state index in [1.54, 1.807) is 12.1 Å². The molecule has 8 heteroatoms. The Morgan fingerprint density at radius 3 is 2.62 bits per heavy atom. The number of carboxylic acid groups (broad SMARTS) is 1. The predicted molar refractivity (Wildman–Crippen MR) is 80.4 cm³/mol. The number of benzene rings is 1. The highest BCUT2D eigenvalue weighted by molar-refractivity contribution is 7.74. The molecule has 2 N–H and O–H groups in total. The van der Waals surface area contributed by atoms with E-state index in [9.17, 15) is 9.00 Å². The molecule has 0 aliphatic rings. The SMILES string of the molecule is CC(C)CN(COS(=O)O)Cc1ccc(C(=O)O)c(Cl)c1. The summed E-state index contributed by atoms with van der Waals surface area (Å²) < 4.78 is 24.0. The first-order chi connectivity index (χ1) is 9.79. The van der Waals surface area contributed by atoms with Gasteiger partial charge in [-0.3, -0.25) is 13.6 Å². The van der Waals surface area contributed by atoms with Crippen molar-refractivity contribution >= 4 is 28.9 Å². The Hall–Kier alpha value is -0.990. The molecular weight excluding hydrogens is 318 g/mol. The van der Waals surface area contributed by atoms with Crippen molar-refractivity contribution in [3.8, 4) is 0 Å². The van der Waals surface area contributed by atoms with Gasteiger partial charge < -0.3 is 5.11 Å². The van der Waals surface area contributed by atoms with Crippen LogP contribution in [0.2, 0.25) is 5.02 Å². The van der Waals surface area contributed by atoms with Gasteiger partial charge in [-0.1, -0.05) is 31.5 Å². The van der Waals surface area contributed by atoms with Crippen LogP contribution in [0.5, 0.6) is 0 Å². The second kappa shape index (κ2) is 8.45. The van der Waals surface area contributed by atoms with Crippen molar-refractivity contribution in [1.82, 2.24) is 4.90 Å². The summed E-state index contributed by atoms with van der Waals surface area (Å²) in [6, 6.07) is 4.69. The van der Waals surface area contributed by atoms with Gasteiger partial charge in [0, 0.05) is 13.1 Å². The Bertz CT molecular complexity index is 523. The van der Waals surface area contributed by atoms with Crippen LogP contribution in [0.15, 0.2) is 18.2 Å². The molecule has 0 bridgehead atoms. The predicted octanol–water partition coefficient (Wildman–Crippen LogP) is 2.61. The molecule has 1 aromatic rings. The van der Waals surface area contributed by atoms with Crippen LogP contribution in [0.4, 0.5) is 0 Å². The van der Waals surface area contributed by atoms with Crippen molar-refractivity contribution < 1.29 is 22.8 Å². The standard InChI is InChI=1S/C13H18ClNO5S/c1-9(2)6-15(8-20-21(18)19)7-10-3-4-11(13(16)17)12(14)5-10/h3-5,9H,6-8H2,1-2H3,(H,16,17)(H,18,19). The maximum Gasteiger partial charge on any atom is 0.337 e. The van der Waals surface area contributed by atoms with Gasteiger partial charge in [0.2, 0.25) is 0 Å². The Morgan fingerprint density at radius 1 is 1.48 bits per heavy atom. The lowest BCUT2D eigenvalue weighted by Gasteiger charge is -2.23. The van der Waals surface area contributed by atoms with Crippen LogP contribution in [-0.4, -0.2) is 38.0 Å². The second-order valence-electron chi connectivity index (χ2n) is 4.99. The highest BCUT2D eigenvalue weighted by atomic mass is 35.5. The second-order valence-corrected chi connectivity index (χ2v) is 6.07. The molecule has 0 aliphatic carbocycles. The van der Waals surface area contributed by atoms with E-state index in [4.69, 9.17) is 25.4 Å². The molecule has 0 heterocycles. The number of nitrogens with zero attached hydrogens (tertiary/aromatic N) is 1. The number of hydrogen-bond acceptors (Lipinski definition) is 4. The topological polar surface area (TPSA) is 87.1 Å². The lowest BCUT2D eigenvalue weighted by atomic mass is 10.1.